The Morgan fingerprint density at radius 1 is 0.774 bits per heavy atom. The standard InChI is InChI=1S/C23H20N2O5S/c26-21(14-30-19-4-2-1-3-5-19)24-18-10-12-20(13-11-18)31-15-22(27)25-17-8-6-16(7-9-17)23(28)29/h1-13H,14-15H2,(H,24,26)(H,25,27)(H,28,29). The van der Waals surface area contributed by atoms with Crippen LogP contribution in [0.1, 0.15) is 10.4 Å². The van der Waals surface area contributed by atoms with E-state index in [-0.39, 0.29) is 29.7 Å². The quantitative estimate of drug-likeness (QED) is 0.436. The van der Waals surface area contributed by atoms with Gasteiger partial charge in [-0.25, -0.2) is 4.79 Å². The lowest BCUT2D eigenvalue weighted by Gasteiger charge is -2.08. The number of thioether (sulfide) groups is 1. The van der Waals surface area contributed by atoms with Crippen molar-refractivity contribution in [2.24, 2.45) is 0 Å². The van der Waals surface area contributed by atoms with Crippen LogP contribution in [0, 0.1) is 0 Å². The minimum atomic E-state index is -1.02. The molecule has 0 radical (unpaired) electrons. The molecule has 0 unspecified atom stereocenters. The van der Waals surface area contributed by atoms with Gasteiger partial charge < -0.3 is 20.5 Å². The van der Waals surface area contributed by atoms with Crippen LogP contribution in [-0.4, -0.2) is 35.2 Å². The molecule has 0 aliphatic carbocycles. The van der Waals surface area contributed by atoms with Crippen molar-refractivity contribution < 1.29 is 24.2 Å². The minimum absolute atomic E-state index is 0.0892. The predicted molar refractivity (Wildman–Crippen MR) is 120 cm³/mol. The highest BCUT2D eigenvalue weighted by molar-refractivity contribution is 8.00. The molecule has 8 heteroatoms. The van der Waals surface area contributed by atoms with Gasteiger partial charge in [0.05, 0.1) is 11.3 Å². The van der Waals surface area contributed by atoms with Crippen LogP contribution in [0.5, 0.6) is 5.75 Å². The molecule has 31 heavy (non-hydrogen) atoms. The number of carboxylic acid groups (broad SMARTS) is 1. The molecule has 0 bridgehead atoms. The van der Waals surface area contributed by atoms with Gasteiger partial charge in [-0.1, -0.05) is 18.2 Å². The maximum Gasteiger partial charge on any atom is 0.335 e. The second-order valence-corrected chi connectivity index (χ2v) is 7.44. The number of amides is 2. The molecule has 0 aromatic heterocycles. The second kappa shape index (κ2) is 10.8. The van der Waals surface area contributed by atoms with Crippen LogP contribution in [0.15, 0.2) is 83.8 Å². The van der Waals surface area contributed by atoms with E-state index < -0.39 is 5.97 Å². The van der Waals surface area contributed by atoms with Crippen molar-refractivity contribution in [3.63, 3.8) is 0 Å². The molecule has 0 heterocycles. The number of carboxylic acids is 1. The van der Waals surface area contributed by atoms with Gasteiger partial charge >= 0.3 is 5.97 Å². The number of anilines is 2. The Morgan fingerprint density at radius 3 is 1.97 bits per heavy atom. The Hall–Kier alpha value is -3.78. The number of aromatic carboxylic acids is 1. The van der Waals surface area contributed by atoms with Gasteiger partial charge in [0.25, 0.3) is 5.91 Å². The van der Waals surface area contributed by atoms with Crippen LogP contribution < -0.4 is 15.4 Å². The van der Waals surface area contributed by atoms with Crippen molar-refractivity contribution in [3.05, 3.63) is 84.4 Å². The number of ether oxygens (including phenoxy) is 1. The molecular formula is C23H20N2O5S. The molecule has 3 rings (SSSR count). The van der Waals surface area contributed by atoms with E-state index in [1.54, 1.807) is 36.4 Å². The molecular weight excluding hydrogens is 416 g/mol. The highest BCUT2D eigenvalue weighted by Crippen LogP contribution is 2.21. The Balaban J connectivity index is 1.41. The summed E-state index contributed by atoms with van der Waals surface area (Å²) in [5, 5.41) is 14.4. The maximum absolute atomic E-state index is 12.1. The summed E-state index contributed by atoms with van der Waals surface area (Å²) < 4.78 is 5.41. The summed E-state index contributed by atoms with van der Waals surface area (Å²) in [6.45, 7) is -0.0892. The van der Waals surface area contributed by atoms with Crippen molar-refractivity contribution in [1.82, 2.24) is 0 Å². The van der Waals surface area contributed by atoms with Crippen LogP contribution in [0.25, 0.3) is 0 Å². The van der Waals surface area contributed by atoms with Crippen molar-refractivity contribution in [2.75, 3.05) is 23.0 Å². The monoisotopic (exact) mass is 436 g/mol. The van der Waals surface area contributed by atoms with E-state index in [4.69, 9.17) is 9.84 Å². The third-order valence-corrected chi connectivity index (χ3v) is 5.05. The smallest absolute Gasteiger partial charge is 0.335 e. The van der Waals surface area contributed by atoms with E-state index in [9.17, 15) is 14.4 Å². The molecule has 0 aliphatic rings. The van der Waals surface area contributed by atoms with Crippen LogP contribution in [0.4, 0.5) is 11.4 Å². The van der Waals surface area contributed by atoms with Crippen LogP contribution in [-0.2, 0) is 9.59 Å². The van der Waals surface area contributed by atoms with Gasteiger partial charge in [-0.3, -0.25) is 9.59 Å². The van der Waals surface area contributed by atoms with Crippen molar-refractivity contribution in [3.8, 4) is 5.75 Å². The SMILES string of the molecule is O=C(COc1ccccc1)Nc1ccc(SCC(=O)Nc2ccc(C(=O)O)cc2)cc1. The number of carbonyl (C=O) groups excluding carboxylic acids is 2. The van der Waals surface area contributed by atoms with E-state index in [1.165, 1.54) is 23.9 Å². The lowest BCUT2D eigenvalue weighted by Crippen LogP contribution is -2.20. The second-order valence-electron chi connectivity index (χ2n) is 6.39. The van der Waals surface area contributed by atoms with Gasteiger partial charge in [0.2, 0.25) is 5.91 Å². The van der Waals surface area contributed by atoms with Gasteiger partial charge in [-0.2, -0.15) is 0 Å². The Bertz CT molecular complexity index is 1040. The fourth-order valence-electron chi connectivity index (χ4n) is 2.54. The highest BCUT2D eigenvalue weighted by atomic mass is 32.2. The lowest BCUT2D eigenvalue weighted by molar-refractivity contribution is -0.118. The number of carbonyl (C=O) groups is 3. The topological polar surface area (TPSA) is 105 Å². The van der Waals surface area contributed by atoms with Crippen LogP contribution in [0.2, 0.25) is 0 Å². The number of para-hydroxylation sites is 1. The summed E-state index contributed by atoms with van der Waals surface area (Å²) in [4.78, 5) is 35.8. The Kier molecular flexibility index (Phi) is 7.67. The zero-order chi connectivity index (χ0) is 22.1. The van der Waals surface area contributed by atoms with Crippen molar-refractivity contribution in [1.29, 1.82) is 0 Å². The van der Waals surface area contributed by atoms with E-state index in [1.807, 2.05) is 30.3 Å². The first-order valence-corrected chi connectivity index (χ1v) is 10.3. The lowest BCUT2D eigenvalue weighted by atomic mass is 10.2. The molecule has 0 atom stereocenters. The Morgan fingerprint density at radius 2 is 1.35 bits per heavy atom. The van der Waals surface area contributed by atoms with Gasteiger partial charge in [0.15, 0.2) is 6.61 Å². The number of nitrogens with one attached hydrogen (secondary N) is 2. The van der Waals surface area contributed by atoms with Gasteiger partial charge in [-0.15, -0.1) is 11.8 Å². The third-order valence-electron chi connectivity index (χ3n) is 4.04. The average Bonchev–Trinajstić information content (AvgIpc) is 2.78. The van der Waals surface area contributed by atoms with E-state index in [0.717, 1.165) is 4.90 Å². The summed E-state index contributed by atoms with van der Waals surface area (Å²) in [6.07, 6.45) is 0. The summed E-state index contributed by atoms with van der Waals surface area (Å²) in [7, 11) is 0. The molecule has 0 spiro atoms. The van der Waals surface area contributed by atoms with Crippen molar-refractivity contribution >= 4 is 40.9 Å². The van der Waals surface area contributed by atoms with Gasteiger partial charge in [0.1, 0.15) is 5.75 Å². The molecule has 2 amide bonds. The average molecular weight is 436 g/mol. The fraction of sp³-hybridized carbons (Fsp3) is 0.0870. The summed E-state index contributed by atoms with van der Waals surface area (Å²) in [5.41, 5.74) is 1.33. The van der Waals surface area contributed by atoms with E-state index >= 15 is 0 Å². The number of hydrogen-bond acceptors (Lipinski definition) is 5. The molecule has 0 saturated heterocycles. The third kappa shape index (κ3) is 7.20. The summed E-state index contributed by atoms with van der Waals surface area (Å²) in [6, 6.07) is 22.2. The van der Waals surface area contributed by atoms with Crippen LogP contribution >= 0.6 is 11.8 Å². The molecule has 3 aromatic carbocycles. The fourth-order valence-corrected chi connectivity index (χ4v) is 3.24. The molecule has 0 aliphatic heterocycles. The number of hydrogen-bond donors (Lipinski definition) is 3. The molecule has 7 nitrogen and oxygen atoms in total. The first-order valence-electron chi connectivity index (χ1n) is 9.33. The first kappa shape index (κ1) is 21.9. The molecule has 0 fully saturated rings. The summed E-state index contributed by atoms with van der Waals surface area (Å²) in [5.74, 6) is -0.671. The predicted octanol–water partition coefficient (Wildman–Crippen LogP) is 4.13. The normalized spacial score (nSPS) is 10.2. The zero-order valence-corrected chi connectivity index (χ0v) is 17.2. The molecule has 0 saturated carbocycles. The first-order chi connectivity index (χ1) is 15.0. The number of benzene rings is 3. The zero-order valence-electron chi connectivity index (χ0n) is 16.4. The molecule has 3 N–H and O–H groups in total. The van der Waals surface area contributed by atoms with E-state index in [2.05, 4.69) is 10.6 Å². The maximum atomic E-state index is 12.1. The number of rotatable bonds is 9. The van der Waals surface area contributed by atoms with Crippen molar-refractivity contribution in [2.45, 2.75) is 4.90 Å². The van der Waals surface area contributed by atoms with Gasteiger partial charge in [-0.05, 0) is 60.7 Å². The molecule has 3 aromatic rings. The Labute approximate surface area is 183 Å². The molecule has 158 valence electrons. The minimum Gasteiger partial charge on any atom is -0.484 e. The van der Waals surface area contributed by atoms with E-state index in [0.29, 0.717) is 17.1 Å². The highest BCUT2D eigenvalue weighted by Gasteiger charge is 2.07. The van der Waals surface area contributed by atoms with Crippen LogP contribution in [0.3, 0.4) is 0 Å². The summed E-state index contributed by atoms with van der Waals surface area (Å²) >= 11 is 1.35. The van der Waals surface area contributed by atoms with Gasteiger partial charge in [0, 0.05) is 16.3 Å². The largest absolute Gasteiger partial charge is 0.484 e.